The molecular weight excluding hydrogens is 342 g/mol. The van der Waals surface area contributed by atoms with Gasteiger partial charge in [0.1, 0.15) is 0 Å². The average Bonchev–Trinajstić information content (AvgIpc) is 2.68. The molecule has 2 rings (SSSR count). The van der Waals surface area contributed by atoms with Gasteiger partial charge in [-0.2, -0.15) is 0 Å². The van der Waals surface area contributed by atoms with Gasteiger partial charge in [-0.3, -0.25) is 4.79 Å². The highest BCUT2D eigenvalue weighted by atomic mass is 16.5. The molecule has 0 spiro atoms. The number of rotatable bonds is 7. The Labute approximate surface area is 161 Å². The summed E-state index contributed by atoms with van der Waals surface area (Å²) in [6.45, 7) is 6.58. The largest absolute Gasteiger partial charge is 0.493 e. The van der Waals surface area contributed by atoms with E-state index in [0.29, 0.717) is 23.8 Å². The number of benzene rings is 2. The first kappa shape index (κ1) is 20.4. The number of carbonyl (C=O) groups is 1. The number of amides is 1. The Bertz CT molecular complexity index is 817. The molecule has 144 valence electrons. The highest BCUT2D eigenvalue weighted by Crippen LogP contribution is 2.38. The number of ether oxygens (including phenoxy) is 3. The number of likely N-dealkylation sites (N-methyl/N-ethyl adjacent to an activating group) is 1. The van der Waals surface area contributed by atoms with Crippen molar-refractivity contribution in [3.63, 3.8) is 0 Å². The molecule has 0 aliphatic carbocycles. The number of hydrogen-bond acceptors (Lipinski definition) is 4. The average molecular weight is 369 g/mol. The SMILES string of the molecule is CCN(C(=O)/C=C/c1cc(OC)c(OC)c(OC)c1)c1cc(C)ccc1C. The van der Waals surface area contributed by atoms with Crippen LogP contribution in [0.4, 0.5) is 5.69 Å². The highest BCUT2D eigenvalue weighted by Gasteiger charge is 2.15. The van der Waals surface area contributed by atoms with E-state index in [1.165, 1.54) is 0 Å². The minimum atomic E-state index is -0.0834. The Balaban J connectivity index is 2.33. The fraction of sp³-hybridized carbons (Fsp3) is 0.318. The predicted molar refractivity (Wildman–Crippen MR) is 109 cm³/mol. The van der Waals surface area contributed by atoms with Gasteiger partial charge in [0.05, 0.1) is 21.3 Å². The van der Waals surface area contributed by atoms with Crippen LogP contribution in [-0.2, 0) is 4.79 Å². The van der Waals surface area contributed by atoms with Crippen LogP contribution in [0.1, 0.15) is 23.6 Å². The molecule has 0 N–H and O–H groups in total. The van der Waals surface area contributed by atoms with Crippen LogP contribution in [0.2, 0.25) is 0 Å². The highest BCUT2D eigenvalue weighted by molar-refractivity contribution is 6.04. The van der Waals surface area contributed by atoms with Crippen LogP contribution < -0.4 is 19.1 Å². The van der Waals surface area contributed by atoms with Crippen molar-refractivity contribution in [3.8, 4) is 17.2 Å². The van der Waals surface area contributed by atoms with Gasteiger partial charge in [0, 0.05) is 18.3 Å². The van der Waals surface area contributed by atoms with Gasteiger partial charge in [-0.1, -0.05) is 12.1 Å². The quantitative estimate of drug-likeness (QED) is 0.679. The Morgan fingerprint density at radius 2 is 1.63 bits per heavy atom. The first-order chi connectivity index (χ1) is 12.9. The molecule has 0 atom stereocenters. The minimum Gasteiger partial charge on any atom is -0.493 e. The summed E-state index contributed by atoms with van der Waals surface area (Å²) in [5, 5.41) is 0. The van der Waals surface area contributed by atoms with E-state index in [0.717, 1.165) is 22.4 Å². The van der Waals surface area contributed by atoms with Crippen molar-refractivity contribution in [1.82, 2.24) is 0 Å². The predicted octanol–water partition coefficient (Wildman–Crippen LogP) is 4.40. The number of carbonyl (C=O) groups excluding carboxylic acids is 1. The van der Waals surface area contributed by atoms with Crippen LogP contribution in [0.3, 0.4) is 0 Å². The van der Waals surface area contributed by atoms with Gasteiger partial charge in [0.2, 0.25) is 5.75 Å². The Morgan fingerprint density at radius 1 is 1.00 bits per heavy atom. The van der Waals surface area contributed by atoms with Crippen molar-refractivity contribution in [2.24, 2.45) is 0 Å². The molecule has 1 amide bonds. The second-order valence-electron chi connectivity index (χ2n) is 6.16. The molecule has 2 aromatic carbocycles. The summed E-state index contributed by atoms with van der Waals surface area (Å²) in [5.41, 5.74) is 3.90. The number of aryl methyl sites for hydroxylation is 2. The molecule has 0 aromatic heterocycles. The van der Waals surface area contributed by atoms with Crippen LogP contribution in [-0.4, -0.2) is 33.8 Å². The molecule has 0 heterocycles. The van der Waals surface area contributed by atoms with Gasteiger partial charge < -0.3 is 19.1 Å². The lowest BCUT2D eigenvalue weighted by Crippen LogP contribution is -2.29. The number of nitrogens with zero attached hydrogens (tertiary/aromatic N) is 1. The monoisotopic (exact) mass is 369 g/mol. The van der Waals surface area contributed by atoms with Gasteiger partial charge in [-0.25, -0.2) is 0 Å². The summed E-state index contributed by atoms with van der Waals surface area (Å²) in [6.07, 6.45) is 3.31. The number of anilines is 1. The fourth-order valence-electron chi connectivity index (χ4n) is 2.91. The molecule has 0 unspecified atom stereocenters. The van der Waals surface area contributed by atoms with E-state index in [-0.39, 0.29) is 5.91 Å². The third kappa shape index (κ3) is 4.61. The zero-order chi connectivity index (χ0) is 20.0. The summed E-state index contributed by atoms with van der Waals surface area (Å²) in [7, 11) is 4.69. The van der Waals surface area contributed by atoms with Gasteiger partial charge in [0.15, 0.2) is 11.5 Å². The van der Waals surface area contributed by atoms with Crippen molar-refractivity contribution in [2.75, 3.05) is 32.8 Å². The molecule has 5 heteroatoms. The minimum absolute atomic E-state index is 0.0834. The van der Waals surface area contributed by atoms with E-state index in [1.54, 1.807) is 50.5 Å². The Hall–Kier alpha value is -2.95. The molecule has 0 saturated carbocycles. The molecule has 0 aliphatic heterocycles. The zero-order valence-corrected chi connectivity index (χ0v) is 16.8. The van der Waals surface area contributed by atoms with Gasteiger partial charge in [-0.15, -0.1) is 0 Å². The molecule has 5 nitrogen and oxygen atoms in total. The second kappa shape index (κ2) is 9.12. The third-order valence-corrected chi connectivity index (χ3v) is 4.34. The van der Waals surface area contributed by atoms with E-state index < -0.39 is 0 Å². The lowest BCUT2D eigenvalue weighted by molar-refractivity contribution is -0.114. The summed E-state index contributed by atoms with van der Waals surface area (Å²) in [6, 6.07) is 9.72. The summed E-state index contributed by atoms with van der Waals surface area (Å²) in [4.78, 5) is 14.6. The third-order valence-electron chi connectivity index (χ3n) is 4.34. The molecule has 0 fully saturated rings. The van der Waals surface area contributed by atoms with E-state index in [9.17, 15) is 4.79 Å². The van der Waals surface area contributed by atoms with Gasteiger partial charge in [-0.05, 0) is 61.7 Å². The first-order valence-corrected chi connectivity index (χ1v) is 8.82. The lowest BCUT2D eigenvalue weighted by Gasteiger charge is -2.22. The van der Waals surface area contributed by atoms with Crippen molar-refractivity contribution >= 4 is 17.7 Å². The maximum atomic E-state index is 12.8. The van der Waals surface area contributed by atoms with Gasteiger partial charge in [0.25, 0.3) is 5.91 Å². The second-order valence-corrected chi connectivity index (χ2v) is 6.16. The number of hydrogen-bond donors (Lipinski definition) is 0. The van der Waals surface area contributed by atoms with E-state index >= 15 is 0 Å². The maximum absolute atomic E-state index is 12.8. The standard InChI is InChI=1S/C22H27NO4/c1-7-23(18-12-15(2)8-9-16(18)3)21(24)11-10-17-13-19(25-4)22(27-6)20(14-17)26-5/h8-14H,7H2,1-6H3/b11-10+. The van der Waals surface area contributed by atoms with Crippen LogP contribution in [0.5, 0.6) is 17.2 Å². The Kier molecular flexibility index (Phi) is 6.88. The van der Waals surface area contributed by atoms with Crippen LogP contribution >= 0.6 is 0 Å². The smallest absolute Gasteiger partial charge is 0.250 e. The van der Waals surface area contributed by atoms with E-state index in [1.807, 2.05) is 39.0 Å². The lowest BCUT2D eigenvalue weighted by atomic mass is 10.1. The van der Waals surface area contributed by atoms with Crippen molar-refractivity contribution < 1.29 is 19.0 Å². The maximum Gasteiger partial charge on any atom is 0.250 e. The van der Waals surface area contributed by atoms with E-state index in [4.69, 9.17) is 14.2 Å². The van der Waals surface area contributed by atoms with Gasteiger partial charge >= 0.3 is 0 Å². The van der Waals surface area contributed by atoms with E-state index in [2.05, 4.69) is 0 Å². The fourth-order valence-corrected chi connectivity index (χ4v) is 2.91. The molecular formula is C22H27NO4. The number of methoxy groups -OCH3 is 3. The molecule has 2 aromatic rings. The normalized spacial score (nSPS) is 10.7. The van der Waals surface area contributed by atoms with Crippen LogP contribution in [0, 0.1) is 13.8 Å². The molecule has 0 saturated heterocycles. The first-order valence-electron chi connectivity index (χ1n) is 8.82. The van der Waals surface area contributed by atoms with Crippen molar-refractivity contribution in [2.45, 2.75) is 20.8 Å². The van der Waals surface area contributed by atoms with Crippen LogP contribution in [0.25, 0.3) is 6.08 Å². The molecule has 0 radical (unpaired) electrons. The summed E-state index contributed by atoms with van der Waals surface area (Å²) < 4.78 is 16.0. The summed E-state index contributed by atoms with van der Waals surface area (Å²) >= 11 is 0. The van der Waals surface area contributed by atoms with Crippen LogP contribution in [0.15, 0.2) is 36.4 Å². The molecule has 0 aliphatic rings. The molecule has 0 bridgehead atoms. The summed E-state index contributed by atoms with van der Waals surface area (Å²) in [5.74, 6) is 1.53. The zero-order valence-electron chi connectivity index (χ0n) is 16.8. The Morgan fingerprint density at radius 3 is 2.15 bits per heavy atom. The topological polar surface area (TPSA) is 48.0 Å². The molecule has 27 heavy (non-hydrogen) atoms. The van der Waals surface area contributed by atoms with Crippen molar-refractivity contribution in [3.05, 3.63) is 53.1 Å². The van der Waals surface area contributed by atoms with Crippen molar-refractivity contribution in [1.29, 1.82) is 0 Å².